The number of ether oxygens (including phenoxy) is 3. The quantitative estimate of drug-likeness (QED) is 0.476. The molecule has 3 aliphatic rings. The van der Waals surface area contributed by atoms with Crippen LogP contribution in [0.1, 0.15) is 85.6 Å². The Morgan fingerprint density at radius 3 is 2.63 bits per heavy atom. The number of alkyl carbamates (subject to hydrolysis) is 1. The molecule has 234 valence electrons. The van der Waals surface area contributed by atoms with Crippen molar-refractivity contribution in [3.63, 3.8) is 0 Å². The van der Waals surface area contributed by atoms with Crippen molar-refractivity contribution < 1.29 is 28.6 Å². The molecule has 9 nitrogen and oxygen atoms in total. The van der Waals surface area contributed by atoms with E-state index in [9.17, 15) is 14.4 Å². The topological polar surface area (TPSA) is 107 Å². The minimum atomic E-state index is -0.875. The number of nitrogens with one attached hydrogen (secondary N) is 1. The van der Waals surface area contributed by atoms with Gasteiger partial charge in [-0.2, -0.15) is 0 Å². The van der Waals surface area contributed by atoms with Crippen molar-refractivity contribution in [3.05, 3.63) is 29.8 Å². The summed E-state index contributed by atoms with van der Waals surface area (Å²) in [7, 11) is 1.63. The van der Waals surface area contributed by atoms with Gasteiger partial charge in [0, 0.05) is 28.9 Å². The molecule has 2 fully saturated rings. The van der Waals surface area contributed by atoms with Crippen molar-refractivity contribution in [1.29, 1.82) is 0 Å². The molecule has 2 bridgehead atoms. The van der Waals surface area contributed by atoms with Crippen molar-refractivity contribution in [1.82, 2.24) is 15.2 Å². The van der Waals surface area contributed by atoms with Crippen LogP contribution in [0.4, 0.5) is 4.79 Å². The summed E-state index contributed by atoms with van der Waals surface area (Å²) in [6.45, 7) is 11.5. The summed E-state index contributed by atoms with van der Waals surface area (Å²) in [5.41, 5.74) is 0.664. The Balaban J connectivity index is 1.54. The molecule has 5 rings (SSSR count). The number of fused-ring (bicyclic) bond motifs is 5. The number of carbonyl (C=O) groups is 3. The lowest BCUT2D eigenvalue weighted by Gasteiger charge is -2.35. The third-order valence-electron chi connectivity index (χ3n) is 9.65. The summed E-state index contributed by atoms with van der Waals surface area (Å²) >= 11 is 0. The molecule has 1 aromatic carbocycles. The number of pyridine rings is 1. The third kappa shape index (κ3) is 6.46. The first-order valence-electron chi connectivity index (χ1n) is 15.8. The van der Waals surface area contributed by atoms with Crippen LogP contribution in [0.3, 0.4) is 0 Å². The Morgan fingerprint density at radius 2 is 1.95 bits per heavy atom. The molecular weight excluding hydrogens is 546 g/mol. The Labute approximate surface area is 255 Å². The molecule has 0 spiro atoms. The number of aromatic nitrogens is 1. The van der Waals surface area contributed by atoms with Gasteiger partial charge in [0.2, 0.25) is 11.8 Å². The lowest BCUT2D eigenvalue weighted by Crippen LogP contribution is -2.57. The highest BCUT2D eigenvalue weighted by Gasteiger charge is 2.54. The summed E-state index contributed by atoms with van der Waals surface area (Å²) < 4.78 is 18.1. The minimum absolute atomic E-state index is 0.0998. The molecule has 1 saturated carbocycles. The monoisotopic (exact) mass is 593 g/mol. The fourth-order valence-electron chi connectivity index (χ4n) is 6.98. The second-order valence-electron chi connectivity index (χ2n) is 13.9. The normalized spacial score (nSPS) is 30.2. The van der Waals surface area contributed by atoms with Crippen molar-refractivity contribution in [2.45, 2.75) is 110 Å². The lowest BCUT2D eigenvalue weighted by molar-refractivity contribution is -0.141. The van der Waals surface area contributed by atoms with Gasteiger partial charge in [-0.3, -0.25) is 9.59 Å². The smallest absolute Gasteiger partial charge is 0.408 e. The molecule has 2 aliphatic heterocycles. The Kier molecular flexibility index (Phi) is 8.65. The second-order valence-corrected chi connectivity index (χ2v) is 13.9. The molecule has 1 aromatic heterocycles. The van der Waals surface area contributed by atoms with Gasteiger partial charge in [0.15, 0.2) is 5.78 Å². The third-order valence-corrected chi connectivity index (χ3v) is 9.65. The highest BCUT2D eigenvalue weighted by atomic mass is 16.6. The summed E-state index contributed by atoms with van der Waals surface area (Å²) in [5.74, 6) is 0.946. The van der Waals surface area contributed by atoms with E-state index in [1.165, 1.54) is 6.92 Å². The van der Waals surface area contributed by atoms with Gasteiger partial charge in [-0.05, 0) is 69.6 Å². The number of nitrogens with zero attached hydrogens (tertiary/aromatic N) is 2. The predicted molar refractivity (Wildman–Crippen MR) is 164 cm³/mol. The fourth-order valence-corrected chi connectivity index (χ4v) is 6.98. The van der Waals surface area contributed by atoms with Crippen molar-refractivity contribution >= 4 is 28.7 Å². The largest absolute Gasteiger partial charge is 0.497 e. The van der Waals surface area contributed by atoms with Gasteiger partial charge >= 0.3 is 6.09 Å². The fraction of sp³-hybridized carbons (Fsp3) is 0.647. The molecule has 0 unspecified atom stereocenters. The number of aryl methyl sites for hydroxylation is 1. The van der Waals surface area contributed by atoms with E-state index in [-0.39, 0.29) is 24.2 Å². The maximum absolute atomic E-state index is 14.2. The molecule has 2 amide bonds. The number of hydrogen-bond acceptors (Lipinski definition) is 7. The van der Waals surface area contributed by atoms with Gasteiger partial charge in [0.1, 0.15) is 23.5 Å². The van der Waals surface area contributed by atoms with Gasteiger partial charge in [0.05, 0.1) is 25.2 Å². The van der Waals surface area contributed by atoms with E-state index >= 15 is 0 Å². The zero-order valence-electron chi connectivity index (χ0n) is 26.7. The van der Waals surface area contributed by atoms with Crippen LogP contribution in [0.2, 0.25) is 0 Å². The first-order valence-corrected chi connectivity index (χ1v) is 15.8. The number of Topliss-reactive ketones (excluding diaryl/α,β-unsaturated/α-hetero) is 1. The SMILES string of the molecule is CC[C@@H]1[C@@H]2CN(C(=O)[C@H](C(C)(C)C)NC(=O)O[C@]3(C)C[C@H]3CCCCCc3cc4ccc(OC)cc4nc3O2)[C@@H]1C(C)=O. The Morgan fingerprint density at radius 1 is 1.19 bits per heavy atom. The van der Waals surface area contributed by atoms with Crippen molar-refractivity contribution in [2.75, 3.05) is 13.7 Å². The highest BCUT2D eigenvalue weighted by Crippen LogP contribution is 2.50. The van der Waals surface area contributed by atoms with Crippen LogP contribution >= 0.6 is 0 Å². The van der Waals surface area contributed by atoms with E-state index in [2.05, 4.69) is 11.4 Å². The molecule has 43 heavy (non-hydrogen) atoms. The predicted octanol–water partition coefficient (Wildman–Crippen LogP) is 5.85. The van der Waals surface area contributed by atoms with Crippen LogP contribution in [-0.4, -0.2) is 65.1 Å². The zero-order chi connectivity index (χ0) is 31.1. The van der Waals surface area contributed by atoms with Crippen LogP contribution in [0.5, 0.6) is 11.6 Å². The van der Waals surface area contributed by atoms with Gasteiger partial charge in [-0.15, -0.1) is 0 Å². The van der Waals surface area contributed by atoms with E-state index in [0.29, 0.717) is 24.0 Å². The summed E-state index contributed by atoms with van der Waals surface area (Å²) in [6, 6.07) is 6.45. The van der Waals surface area contributed by atoms with Crippen LogP contribution in [0.25, 0.3) is 10.9 Å². The van der Waals surface area contributed by atoms with Crippen LogP contribution in [-0.2, 0) is 20.7 Å². The summed E-state index contributed by atoms with van der Waals surface area (Å²) in [6.07, 6.45) is 5.29. The summed E-state index contributed by atoms with van der Waals surface area (Å²) in [4.78, 5) is 47.1. The maximum atomic E-state index is 14.2. The van der Waals surface area contributed by atoms with Gasteiger partial charge < -0.3 is 24.4 Å². The standard InChI is InChI=1S/C34H47N3O6/c1-8-25-27-19-37(28(25)20(2)38)31(39)29(33(3,4)5)36-32(40)43-34(6)18-23(34)13-11-9-10-12-22-16-21-14-15-24(41-7)17-26(21)35-30(22)42-27/h14-17,23,25,27-29H,8-13,18-19H2,1-7H3,(H,36,40)/t23-,25-,27+,28-,29-,34-/m1/s1. The van der Waals surface area contributed by atoms with Gasteiger partial charge in [-0.1, -0.05) is 40.5 Å². The van der Waals surface area contributed by atoms with Crippen molar-refractivity contribution in [3.8, 4) is 11.6 Å². The zero-order valence-corrected chi connectivity index (χ0v) is 26.7. The number of ketones is 1. The van der Waals surface area contributed by atoms with E-state index in [1.807, 2.05) is 52.8 Å². The average molecular weight is 594 g/mol. The van der Waals surface area contributed by atoms with Gasteiger partial charge in [0.25, 0.3) is 0 Å². The number of hydrogen-bond donors (Lipinski definition) is 1. The Bertz CT molecular complexity index is 1390. The molecule has 3 heterocycles. The van der Waals surface area contributed by atoms with Crippen LogP contribution < -0.4 is 14.8 Å². The highest BCUT2D eigenvalue weighted by molar-refractivity contribution is 5.92. The number of benzene rings is 1. The number of methoxy groups -OCH3 is 1. The number of rotatable bonds is 3. The lowest BCUT2D eigenvalue weighted by atomic mass is 9.85. The molecule has 1 N–H and O–H groups in total. The molecule has 2 aromatic rings. The van der Waals surface area contributed by atoms with E-state index in [0.717, 1.165) is 55.0 Å². The number of amides is 2. The minimum Gasteiger partial charge on any atom is -0.497 e. The second kappa shape index (κ2) is 12.0. The summed E-state index contributed by atoms with van der Waals surface area (Å²) in [5, 5.41) is 3.90. The molecule has 9 heteroatoms. The van der Waals surface area contributed by atoms with E-state index < -0.39 is 35.3 Å². The number of carbonyl (C=O) groups excluding carboxylic acids is 3. The molecule has 0 radical (unpaired) electrons. The maximum Gasteiger partial charge on any atom is 0.408 e. The van der Waals surface area contributed by atoms with Crippen LogP contribution in [0, 0.1) is 17.3 Å². The average Bonchev–Trinajstić information content (AvgIpc) is 3.41. The van der Waals surface area contributed by atoms with E-state index in [1.54, 1.807) is 12.0 Å². The molecule has 6 atom stereocenters. The van der Waals surface area contributed by atoms with Crippen LogP contribution in [0.15, 0.2) is 24.3 Å². The van der Waals surface area contributed by atoms with Gasteiger partial charge in [-0.25, -0.2) is 9.78 Å². The molecule has 1 saturated heterocycles. The van der Waals surface area contributed by atoms with Crippen molar-refractivity contribution in [2.24, 2.45) is 17.3 Å². The first-order chi connectivity index (χ1) is 20.3. The first kappa shape index (κ1) is 31.1. The van der Waals surface area contributed by atoms with E-state index in [4.69, 9.17) is 19.2 Å². The molecule has 1 aliphatic carbocycles. The Hall–Kier alpha value is -3.36. The molecular formula is C34H47N3O6.